The zero-order valence-corrected chi connectivity index (χ0v) is 23.5. The number of aliphatic hydroxyl groups is 3. The van der Waals surface area contributed by atoms with Gasteiger partial charge in [0, 0.05) is 24.6 Å². The summed E-state index contributed by atoms with van der Waals surface area (Å²) in [4.78, 5) is 37.9. The van der Waals surface area contributed by atoms with E-state index in [-0.39, 0.29) is 30.6 Å². The van der Waals surface area contributed by atoms with Crippen molar-refractivity contribution >= 4 is 24.6 Å². The number of hydrogen-bond acceptors (Lipinski definition) is 11. The highest BCUT2D eigenvalue weighted by Crippen LogP contribution is 2.46. The molecule has 2 unspecified atom stereocenters. The van der Waals surface area contributed by atoms with Gasteiger partial charge in [0.1, 0.15) is 17.8 Å². The van der Waals surface area contributed by atoms with E-state index in [9.17, 15) is 34.3 Å². The SMILES string of the molecule is CC(C)(CO)C(=O)SCCOP(=O)(NCc1ccccc1)OC[C@H]1OC(n2ccc(=O)[nH]c2=O)[C@](C)(O)[C@@H]1O. The molecule has 0 aliphatic carbocycles. The van der Waals surface area contributed by atoms with Crippen LogP contribution >= 0.6 is 19.5 Å². The van der Waals surface area contributed by atoms with Crippen molar-refractivity contribution in [1.29, 1.82) is 0 Å². The lowest BCUT2D eigenvalue weighted by molar-refractivity contribution is -0.119. The molecule has 3 rings (SSSR count). The number of thioether (sulfide) groups is 1. The Kier molecular flexibility index (Phi) is 10.5. The zero-order chi connectivity index (χ0) is 28.8. The predicted molar refractivity (Wildman–Crippen MR) is 143 cm³/mol. The molecule has 216 valence electrons. The molecule has 0 saturated carbocycles. The number of aromatic nitrogens is 2. The van der Waals surface area contributed by atoms with Crippen LogP contribution in [0.25, 0.3) is 0 Å². The number of rotatable bonds is 13. The largest absolute Gasteiger partial charge is 0.405 e. The van der Waals surface area contributed by atoms with Crippen molar-refractivity contribution in [1.82, 2.24) is 14.6 Å². The number of H-pyrrole nitrogens is 1. The van der Waals surface area contributed by atoms with Crippen LogP contribution in [0.1, 0.15) is 32.6 Å². The summed E-state index contributed by atoms with van der Waals surface area (Å²) in [5.41, 5.74) is -3.60. The van der Waals surface area contributed by atoms with E-state index in [1.807, 2.05) is 6.07 Å². The molecule has 2 aromatic rings. The number of benzene rings is 1. The van der Waals surface area contributed by atoms with Crippen molar-refractivity contribution in [3.05, 3.63) is 69.0 Å². The number of carbonyl (C=O) groups excluding carboxylic acids is 1. The number of aromatic amines is 1. The number of ether oxygens (including phenoxy) is 1. The van der Waals surface area contributed by atoms with Gasteiger partial charge in [-0.3, -0.25) is 28.2 Å². The molecule has 15 heteroatoms. The van der Waals surface area contributed by atoms with Crippen LogP contribution < -0.4 is 16.3 Å². The molecule has 1 aliphatic rings. The van der Waals surface area contributed by atoms with Crippen molar-refractivity contribution in [2.24, 2.45) is 5.41 Å². The first-order chi connectivity index (χ1) is 18.3. The molecule has 39 heavy (non-hydrogen) atoms. The van der Waals surface area contributed by atoms with Crippen LogP contribution in [0.2, 0.25) is 0 Å². The van der Waals surface area contributed by atoms with Gasteiger partial charge in [0.2, 0.25) is 0 Å². The van der Waals surface area contributed by atoms with E-state index >= 15 is 0 Å². The standard InChI is InChI=1S/C24H34N3O10PS/c1-23(2,15-28)21(31)39-12-11-35-38(34,25-13-16-7-5-4-6-8-16)36-14-17-19(30)24(3,33)20(37-17)27-10-9-18(29)26-22(27)32/h4-10,17,19-20,28,30,33H,11-15H2,1-3H3,(H,25,34)(H,26,29,32)/t17-,19-,20?,24-,38?/m1/s1. The van der Waals surface area contributed by atoms with Crippen LogP contribution in [0.5, 0.6) is 0 Å². The van der Waals surface area contributed by atoms with Crippen LogP contribution in [-0.4, -0.2) is 73.4 Å². The maximum Gasteiger partial charge on any atom is 0.405 e. The van der Waals surface area contributed by atoms with E-state index in [0.717, 1.165) is 34.2 Å². The summed E-state index contributed by atoms with van der Waals surface area (Å²) < 4.78 is 31.3. The van der Waals surface area contributed by atoms with Crippen LogP contribution in [0.15, 0.2) is 52.2 Å². The second kappa shape index (κ2) is 13.0. The van der Waals surface area contributed by atoms with Gasteiger partial charge in [-0.25, -0.2) is 14.4 Å². The third kappa shape index (κ3) is 7.97. The van der Waals surface area contributed by atoms with Gasteiger partial charge < -0.3 is 20.1 Å². The third-order valence-electron chi connectivity index (χ3n) is 6.11. The summed E-state index contributed by atoms with van der Waals surface area (Å²) in [5.74, 6) is 0.136. The van der Waals surface area contributed by atoms with Crippen molar-refractivity contribution in [3.63, 3.8) is 0 Å². The lowest BCUT2D eigenvalue weighted by Gasteiger charge is -2.27. The first-order valence-corrected chi connectivity index (χ1v) is 14.7. The molecule has 0 bridgehead atoms. The zero-order valence-electron chi connectivity index (χ0n) is 21.8. The molecule has 0 radical (unpaired) electrons. The number of aliphatic hydroxyl groups excluding tert-OH is 2. The molecule has 1 saturated heterocycles. The molecule has 1 aromatic carbocycles. The summed E-state index contributed by atoms with van der Waals surface area (Å²) in [6.45, 7) is 3.63. The number of nitrogens with zero attached hydrogens (tertiary/aromatic N) is 1. The maximum absolute atomic E-state index is 13.6. The average molecular weight is 588 g/mol. The Labute approximate surface area is 229 Å². The lowest BCUT2D eigenvalue weighted by atomic mass is 9.96. The molecule has 5 N–H and O–H groups in total. The molecule has 13 nitrogen and oxygen atoms in total. The Morgan fingerprint density at radius 3 is 2.59 bits per heavy atom. The molecule has 5 atom stereocenters. The molecule has 1 aromatic heterocycles. The van der Waals surface area contributed by atoms with E-state index in [1.165, 1.54) is 6.92 Å². The van der Waals surface area contributed by atoms with E-state index in [1.54, 1.807) is 38.1 Å². The Morgan fingerprint density at radius 1 is 1.26 bits per heavy atom. The number of carbonyl (C=O) groups is 1. The quantitative estimate of drug-likeness (QED) is 0.164. The average Bonchev–Trinajstić information content (AvgIpc) is 3.13. The summed E-state index contributed by atoms with van der Waals surface area (Å²) >= 11 is 0.923. The highest BCUT2D eigenvalue weighted by atomic mass is 32.2. The third-order valence-corrected chi connectivity index (χ3v) is 8.85. The summed E-state index contributed by atoms with van der Waals surface area (Å²) in [7, 11) is -4.03. The van der Waals surface area contributed by atoms with E-state index in [0.29, 0.717) is 0 Å². The van der Waals surface area contributed by atoms with Gasteiger partial charge >= 0.3 is 13.4 Å². The number of hydrogen-bond donors (Lipinski definition) is 5. The molecule has 1 fully saturated rings. The second-order valence-electron chi connectivity index (χ2n) is 9.84. The van der Waals surface area contributed by atoms with E-state index < -0.39 is 55.1 Å². The minimum atomic E-state index is -4.03. The predicted octanol–water partition coefficient (Wildman–Crippen LogP) is 0.755. The van der Waals surface area contributed by atoms with Crippen molar-refractivity contribution < 1.29 is 38.5 Å². The van der Waals surface area contributed by atoms with Gasteiger partial charge in [0.05, 0.1) is 25.2 Å². The Balaban J connectivity index is 1.69. The fourth-order valence-electron chi connectivity index (χ4n) is 3.63. The molecule has 2 heterocycles. The van der Waals surface area contributed by atoms with Gasteiger partial charge in [-0.15, -0.1) is 0 Å². The normalized spacial score (nSPS) is 24.9. The van der Waals surface area contributed by atoms with Crippen molar-refractivity contribution in [3.8, 4) is 0 Å². The van der Waals surface area contributed by atoms with E-state index in [2.05, 4.69) is 10.1 Å². The van der Waals surface area contributed by atoms with Crippen LogP contribution in [0, 0.1) is 5.41 Å². The summed E-state index contributed by atoms with van der Waals surface area (Å²) in [6.07, 6.45) is -3.03. The van der Waals surface area contributed by atoms with Gasteiger partial charge in [-0.1, -0.05) is 42.1 Å². The maximum atomic E-state index is 13.6. The molecule has 0 spiro atoms. The minimum Gasteiger partial charge on any atom is -0.395 e. The summed E-state index contributed by atoms with van der Waals surface area (Å²) in [5, 5.41) is 33.4. The van der Waals surface area contributed by atoms with Gasteiger partial charge in [-0.05, 0) is 26.3 Å². The van der Waals surface area contributed by atoms with Crippen molar-refractivity contribution in [2.45, 2.75) is 51.4 Å². The topological polar surface area (TPSA) is 189 Å². The molecule has 1 aliphatic heterocycles. The Bertz CT molecular complexity index is 1280. The minimum absolute atomic E-state index is 0.114. The molecular formula is C24H34N3O10PS. The van der Waals surface area contributed by atoms with Crippen molar-refractivity contribution in [2.75, 3.05) is 25.6 Å². The monoisotopic (exact) mass is 587 g/mol. The Morgan fingerprint density at radius 2 is 1.95 bits per heavy atom. The Hall–Kier alpha value is -2.13. The van der Waals surface area contributed by atoms with Gasteiger partial charge in [-0.2, -0.15) is 0 Å². The highest BCUT2D eigenvalue weighted by molar-refractivity contribution is 8.13. The lowest BCUT2D eigenvalue weighted by Crippen LogP contribution is -2.46. The number of nitrogens with one attached hydrogen (secondary N) is 2. The first kappa shape index (κ1) is 31.4. The van der Waals surface area contributed by atoms with Gasteiger partial charge in [0.15, 0.2) is 11.3 Å². The van der Waals surface area contributed by atoms with Crippen LogP contribution in [0.4, 0.5) is 0 Å². The fourth-order valence-corrected chi connectivity index (χ4v) is 5.86. The van der Waals surface area contributed by atoms with E-state index in [4.69, 9.17) is 13.8 Å². The first-order valence-electron chi connectivity index (χ1n) is 12.1. The summed E-state index contributed by atoms with van der Waals surface area (Å²) in [6, 6.07) is 10.1. The molecular weight excluding hydrogens is 553 g/mol. The van der Waals surface area contributed by atoms with Gasteiger partial charge in [0.25, 0.3) is 5.56 Å². The smallest absolute Gasteiger partial charge is 0.395 e. The van der Waals surface area contributed by atoms with Crippen LogP contribution in [-0.2, 0) is 29.7 Å². The van der Waals surface area contributed by atoms with Crippen LogP contribution in [0.3, 0.4) is 0 Å². The second-order valence-corrected chi connectivity index (χ2v) is 12.7. The molecule has 0 amide bonds. The highest BCUT2D eigenvalue weighted by Gasteiger charge is 2.54. The fraction of sp³-hybridized carbons (Fsp3) is 0.542.